The highest BCUT2D eigenvalue weighted by atomic mass is 19.1. The molecule has 0 spiro atoms. The van der Waals surface area contributed by atoms with Gasteiger partial charge in [0.25, 0.3) is 0 Å². The number of benzene rings is 4. The molecule has 0 saturated carbocycles. The van der Waals surface area contributed by atoms with Gasteiger partial charge in [0.2, 0.25) is 0 Å². The third-order valence-electron chi connectivity index (χ3n) is 4.81. The molecule has 4 aromatic carbocycles. The summed E-state index contributed by atoms with van der Waals surface area (Å²) in [4.78, 5) is 0. The highest BCUT2D eigenvalue weighted by molar-refractivity contribution is 5.97. The Labute approximate surface area is 157 Å². The van der Waals surface area contributed by atoms with Crippen molar-refractivity contribution < 1.29 is 14.2 Å². The van der Waals surface area contributed by atoms with Crippen molar-refractivity contribution in [2.24, 2.45) is 0 Å². The van der Waals surface area contributed by atoms with Gasteiger partial charge in [-0.05, 0) is 57.3 Å². The lowest BCUT2D eigenvalue weighted by molar-refractivity contribution is 0.220. The van der Waals surface area contributed by atoms with Gasteiger partial charge in [-0.25, -0.2) is 4.39 Å². The third-order valence-corrected chi connectivity index (χ3v) is 4.81. The second-order valence-corrected chi connectivity index (χ2v) is 6.47. The van der Waals surface area contributed by atoms with E-state index in [1.54, 1.807) is 19.2 Å². The van der Waals surface area contributed by atoms with Crippen molar-refractivity contribution in [2.45, 2.75) is 6.10 Å². The maximum absolute atomic E-state index is 13.1. The average Bonchev–Trinajstić information content (AvgIpc) is 2.73. The molecule has 0 aromatic heterocycles. The molecule has 0 fully saturated rings. The van der Waals surface area contributed by atoms with E-state index in [2.05, 4.69) is 12.1 Å². The maximum Gasteiger partial charge on any atom is 0.123 e. The number of fused-ring (bicyclic) bond motifs is 1. The predicted octanol–water partition coefficient (Wildman–Crippen LogP) is 5.74. The van der Waals surface area contributed by atoms with Crippen molar-refractivity contribution in [3.05, 3.63) is 102 Å². The summed E-state index contributed by atoms with van der Waals surface area (Å²) in [7, 11) is 1.66. The fourth-order valence-electron chi connectivity index (χ4n) is 3.31. The van der Waals surface area contributed by atoms with E-state index in [0.717, 1.165) is 33.2 Å². The SMILES string of the molecule is COc1ccc2cccc(-c3ccc(C(O)c4ccc(F)cc4)cc3)c2c1. The van der Waals surface area contributed by atoms with Gasteiger partial charge >= 0.3 is 0 Å². The zero-order valence-electron chi connectivity index (χ0n) is 14.9. The summed E-state index contributed by atoms with van der Waals surface area (Å²) >= 11 is 0. The molecule has 0 radical (unpaired) electrons. The predicted molar refractivity (Wildman–Crippen MR) is 106 cm³/mol. The van der Waals surface area contributed by atoms with Crippen LogP contribution in [0.2, 0.25) is 0 Å². The molecule has 1 unspecified atom stereocenters. The number of halogens is 1. The van der Waals surface area contributed by atoms with Crippen LogP contribution in [0.15, 0.2) is 84.9 Å². The van der Waals surface area contributed by atoms with E-state index in [1.807, 2.05) is 48.5 Å². The smallest absolute Gasteiger partial charge is 0.123 e. The number of ether oxygens (including phenoxy) is 1. The summed E-state index contributed by atoms with van der Waals surface area (Å²) in [6.45, 7) is 0. The Morgan fingerprint density at radius 2 is 1.48 bits per heavy atom. The summed E-state index contributed by atoms with van der Waals surface area (Å²) in [6.07, 6.45) is -0.785. The van der Waals surface area contributed by atoms with Crippen LogP contribution in [0, 0.1) is 5.82 Å². The molecule has 1 atom stereocenters. The van der Waals surface area contributed by atoms with Crippen LogP contribution in [-0.4, -0.2) is 12.2 Å². The minimum Gasteiger partial charge on any atom is -0.497 e. The van der Waals surface area contributed by atoms with Crippen LogP contribution in [0.1, 0.15) is 17.2 Å². The lowest BCUT2D eigenvalue weighted by Gasteiger charge is -2.13. The van der Waals surface area contributed by atoms with Crippen molar-refractivity contribution in [3.8, 4) is 16.9 Å². The van der Waals surface area contributed by atoms with Crippen LogP contribution in [0.5, 0.6) is 5.75 Å². The Balaban J connectivity index is 1.70. The van der Waals surface area contributed by atoms with Crippen LogP contribution in [-0.2, 0) is 0 Å². The first-order chi connectivity index (χ1) is 13.2. The lowest BCUT2D eigenvalue weighted by Crippen LogP contribution is -1.99. The van der Waals surface area contributed by atoms with Gasteiger partial charge in [0.05, 0.1) is 7.11 Å². The molecule has 1 N–H and O–H groups in total. The number of rotatable bonds is 4. The summed E-state index contributed by atoms with van der Waals surface area (Å²) < 4.78 is 18.4. The van der Waals surface area contributed by atoms with Gasteiger partial charge in [-0.2, -0.15) is 0 Å². The number of methoxy groups -OCH3 is 1. The summed E-state index contributed by atoms with van der Waals surface area (Å²) in [6, 6.07) is 25.9. The van der Waals surface area contributed by atoms with Crippen LogP contribution >= 0.6 is 0 Å². The van der Waals surface area contributed by atoms with Gasteiger partial charge in [-0.15, -0.1) is 0 Å². The Hall–Kier alpha value is -3.17. The Bertz CT molecular complexity index is 1070. The van der Waals surface area contributed by atoms with E-state index >= 15 is 0 Å². The van der Waals surface area contributed by atoms with E-state index in [4.69, 9.17) is 4.74 Å². The van der Waals surface area contributed by atoms with E-state index in [9.17, 15) is 9.50 Å². The van der Waals surface area contributed by atoms with E-state index in [0.29, 0.717) is 5.56 Å². The molecule has 3 heteroatoms. The average molecular weight is 358 g/mol. The Kier molecular flexibility index (Phi) is 4.61. The molecule has 134 valence electrons. The summed E-state index contributed by atoms with van der Waals surface area (Å²) in [5, 5.41) is 12.8. The van der Waals surface area contributed by atoms with Crippen LogP contribution < -0.4 is 4.74 Å². The summed E-state index contributed by atoms with van der Waals surface area (Å²) in [5.74, 6) is 0.506. The van der Waals surface area contributed by atoms with Crippen LogP contribution in [0.3, 0.4) is 0 Å². The normalized spacial score (nSPS) is 12.1. The molecule has 2 nitrogen and oxygen atoms in total. The van der Waals surface area contributed by atoms with Gasteiger partial charge in [0, 0.05) is 0 Å². The molecular formula is C24H19FO2. The van der Waals surface area contributed by atoms with E-state index in [1.165, 1.54) is 12.1 Å². The van der Waals surface area contributed by atoms with E-state index < -0.39 is 6.10 Å². The van der Waals surface area contributed by atoms with Gasteiger partial charge in [-0.3, -0.25) is 0 Å². The molecule has 4 aromatic rings. The zero-order valence-corrected chi connectivity index (χ0v) is 14.9. The first kappa shape index (κ1) is 17.3. The van der Waals surface area contributed by atoms with Crippen molar-refractivity contribution in [2.75, 3.05) is 7.11 Å². The van der Waals surface area contributed by atoms with Crippen molar-refractivity contribution >= 4 is 10.8 Å². The standard InChI is InChI=1S/C24H19FO2/c1-27-21-14-11-16-3-2-4-22(23(16)15-21)17-5-7-18(8-6-17)24(26)19-9-12-20(25)13-10-19/h2-15,24,26H,1H3. The number of hydrogen-bond acceptors (Lipinski definition) is 2. The minimum absolute atomic E-state index is 0.312. The largest absolute Gasteiger partial charge is 0.497 e. The molecule has 0 amide bonds. The molecule has 0 aliphatic rings. The number of aliphatic hydroxyl groups is 1. The first-order valence-electron chi connectivity index (χ1n) is 8.76. The van der Waals surface area contributed by atoms with Gasteiger partial charge in [0.1, 0.15) is 17.7 Å². The van der Waals surface area contributed by atoms with Crippen molar-refractivity contribution in [1.82, 2.24) is 0 Å². The maximum atomic E-state index is 13.1. The molecule has 0 saturated heterocycles. The van der Waals surface area contributed by atoms with Gasteiger partial charge in [-0.1, -0.05) is 60.7 Å². The molecular weight excluding hydrogens is 339 g/mol. The molecule has 0 aliphatic heterocycles. The molecule has 27 heavy (non-hydrogen) atoms. The van der Waals surface area contributed by atoms with Gasteiger partial charge in [0.15, 0.2) is 0 Å². The monoisotopic (exact) mass is 358 g/mol. The second-order valence-electron chi connectivity index (χ2n) is 6.47. The molecule has 0 heterocycles. The van der Waals surface area contributed by atoms with Crippen molar-refractivity contribution in [3.63, 3.8) is 0 Å². The quantitative estimate of drug-likeness (QED) is 0.504. The lowest BCUT2D eigenvalue weighted by atomic mass is 9.95. The molecule has 0 aliphatic carbocycles. The zero-order chi connectivity index (χ0) is 18.8. The molecule has 4 rings (SSSR count). The second kappa shape index (κ2) is 7.22. The third kappa shape index (κ3) is 3.42. The fourth-order valence-corrected chi connectivity index (χ4v) is 3.31. The summed E-state index contributed by atoms with van der Waals surface area (Å²) in [5.41, 5.74) is 3.60. The Morgan fingerprint density at radius 1 is 0.815 bits per heavy atom. The Morgan fingerprint density at radius 3 is 2.15 bits per heavy atom. The van der Waals surface area contributed by atoms with Crippen LogP contribution in [0.4, 0.5) is 4.39 Å². The minimum atomic E-state index is -0.785. The molecule has 0 bridgehead atoms. The van der Waals surface area contributed by atoms with Crippen molar-refractivity contribution in [1.29, 1.82) is 0 Å². The number of aliphatic hydroxyl groups excluding tert-OH is 1. The first-order valence-corrected chi connectivity index (χ1v) is 8.76. The van der Waals surface area contributed by atoms with E-state index in [-0.39, 0.29) is 5.82 Å². The fraction of sp³-hybridized carbons (Fsp3) is 0.0833. The van der Waals surface area contributed by atoms with Gasteiger partial charge < -0.3 is 9.84 Å². The highest BCUT2D eigenvalue weighted by Crippen LogP contribution is 2.32. The number of hydrogen-bond donors (Lipinski definition) is 1. The topological polar surface area (TPSA) is 29.5 Å². The highest BCUT2D eigenvalue weighted by Gasteiger charge is 2.11. The van der Waals surface area contributed by atoms with Crippen LogP contribution in [0.25, 0.3) is 21.9 Å².